The second-order valence-electron chi connectivity index (χ2n) is 8.96. The largest absolute Gasteiger partial charge is 0.503 e. The fraction of sp³-hybridized carbons (Fsp3) is 0.200. The number of methoxy groups -OCH3 is 1. The first-order valence-electron chi connectivity index (χ1n) is 12.6. The number of thiazole rings is 1. The Kier molecular flexibility index (Phi) is 7.62. The van der Waals surface area contributed by atoms with Crippen molar-refractivity contribution in [1.29, 1.82) is 0 Å². The van der Waals surface area contributed by atoms with Gasteiger partial charge in [-0.2, -0.15) is 0 Å². The third-order valence-electron chi connectivity index (χ3n) is 6.40. The Morgan fingerprint density at radius 1 is 1.22 bits per heavy atom. The van der Waals surface area contributed by atoms with Gasteiger partial charge in [-0.15, -0.1) is 0 Å². The molecule has 0 bridgehead atoms. The number of furan rings is 1. The fourth-order valence-electron chi connectivity index (χ4n) is 4.59. The summed E-state index contributed by atoms with van der Waals surface area (Å²) >= 11 is 0.931. The first-order valence-corrected chi connectivity index (χ1v) is 13.5. The van der Waals surface area contributed by atoms with E-state index in [0.717, 1.165) is 11.3 Å². The van der Waals surface area contributed by atoms with E-state index >= 15 is 0 Å². The van der Waals surface area contributed by atoms with E-state index in [4.69, 9.17) is 18.6 Å². The lowest BCUT2D eigenvalue weighted by atomic mass is 9.95. The average molecular weight is 575 g/mol. The summed E-state index contributed by atoms with van der Waals surface area (Å²) in [5.74, 6) is -2.09. The molecule has 0 radical (unpaired) electrons. The maximum Gasteiger partial charge on any atom is 0.350 e. The summed E-state index contributed by atoms with van der Waals surface area (Å²) in [5, 5.41) is 11.9. The number of carbonyl (C=O) groups excluding carboxylic acids is 3. The number of hydrogen-bond acceptors (Lipinski definition) is 10. The monoisotopic (exact) mass is 574 g/mol. The molecule has 2 aromatic heterocycles. The zero-order chi connectivity index (χ0) is 29.3. The highest BCUT2D eigenvalue weighted by molar-refractivity contribution is 7.17. The number of rotatable bonds is 10. The maximum atomic E-state index is 14.0. The Labute approximate surface area is 239 Å². The van der Waals surface area contributed by atoms with E-state index in [1.807, 2.05) is 0 Å². The highest BCUT2D eigenvalue weighted by Crippen LogP contribution is 2.45. The third kappa shape index (κ3) is 4.95. The first kappa shape index (κ1) is 27.7. The molecule has 0 saturated carbocycles. The van der Waals surface area contributed by atoms with Gasteiger partial charge in [-0.3, -0.25) is 14.5 Å². The van der Waals surface area contributed by atoms with E-state index in [0.29, 0.717) is 33.7 Å². The van der Waals surface area contributed by atoms with Crippen LogP contribution in [0.5, 0.6) is 11.5 Å². The van der Waals surface area contributed by atoms with Crippen molar-refractivity contribution >= 4 is 45.1 Å². The smallest absolute Gasteiger partial charge is 0.350 e. The quantitative estimate of drug-likeness (QED) is 0.143. The number of aliphatic hydroxyl groups is 1. The lowest BCUT2D eigenvalue weighted by Gasteiger charge is -2.24. The second kappa shape index (κ2) is 11.3. The van der Waals surface area contributed by atoms with Gasteiger partial charge >= 0.3 is 5.97 Å². The van der Waals surface area contributed by atoms with Crippen LogP contribution in [0, 0.1) is 6.92 Å². The van der Waals surface area contributed by atoms with Crippen LogP contribution >= 0.6 is 11.3 Å². The maximum absolute atomic E-state index is 14.0. The Bertz CT molecular complexity index is 1720. The molecule has 1 atom stereocenters. The fourth-order valence-corrected chi connectivity index (χ4v) is 5.58. The standard InChI is InChI=1S/C30H26N2O8S/c1-5-13-39-19-11-7-9-17(14-19)23-22(24(33)21-15-18-10-8-12-20(37-4)26(18)40-21)25(34)28(35)32(23)30-31-16(3)27(41-30)29(36)38-6-2/h5,7-12,14-15,23,34H,1,6,13H2,2-4H3. The van der Waals surface area contributed by atoms with Gasteiger partial charge in [0, 0.05) is 5.39 Å². The van der Waals surface area contributed by atoms with Crippen LogP contribution in [0.4, 0.5) is 5.13 Å². The minimum Gasteiger partial charge on any atom is -0.503 e. The van der Waals surface area contributed by atoms with Crippen molar-refractivity contribution in [3.8, 4) is 11.5 Å². The molecule has 0 fully saturated rings. The van der Waals surface area contributed by atoms with Crippen LogP contribution < -0.4 is 14.4 Å². The highest BCUT2D eigenvalue weighted by atomic mass is 32.1. The topological polar surface area (TPSA) is 128 Å². The van der Waals surface area contributed by atoms with E-state index in [9.17, 15) is 19.5 Å². The van der Waals surface area contributed by atoms with E-state index in [-0.39, 0.29) is 34.6 Å². The molecule has 210 valence electrons. The van der Waals surface area contributed by atoms with Crippen LogP contribution in [0.25, 0.3) is 11.0 Å². The number of benzene rings is 2. The summed E-state index contributed by atoms with van der Waals surface area (Å²) in [6, 6.07) is 12.4. The molecular weight excluding hydrogens is 548 g/mol. The number of anilines is 1. The molecule has 1 unspecified atom stereocenters. The summed E-state index contributed by atoms with van der Waals surface area (Å²) in [5.41, 5.74) is 0.957. The van der Waals surface area contributed by atoms with E-state index in [2.05, 4.69) is 11.6 Å². The van der Waals surface area contributed by atoms with Crippen molar-refractivity contribution in [2.45, 2.75) is 19.9 Å². The number of aliphatic hydroxyl groups excluding tert-OH is 1. The summed E-state index contributed by atoms with van der Waals surface area (Å²) in [7, 11) is 1.48. The zero-order valence-electron chi connectivity index (χ0n) is 22.5. The molecular formula is C30H26N2O8S. The van der Waals surface area contributed by atoms with Gasteiger partial charge in [-0.25, -0.2) is 9.78 Å². The molecule has 0 spiro atoms. The van der Waals surface area contributed by atoms with E-state index < -0.39 is 29.5 Å². The molecule has 3 heterocycles. The minimum absolute atomic E-state index is 0.0905. The summed E-state index contributed by atoms with van der Waals surface area (Å²) < 4.78 is 22.0. The number of amides is 1. The van der Waals surface area contributed by atoms with Gasteiger partial charge in [-0.1, -0.05) is 48.3 Å². The summed E-state index contributed by atoms with van der Waals surface area (Å²) in [6.45, 7) is 7.36. The van der Waals surface area contributed by atoms with Gasteiger partial charge in [-0.05, 0) is 43.7 Å². The number of esters is 1. The zero-order valence-corrected chi connectivity index (χ0v) is 23.3. The highest BCUT2D eigenvalue weighted by Gasteiger charge is 2.47. The summed E-state index contributed by atoms with van der Waals surface area (Å²) in [6.07, 6.45) is 1.59. The van der Waals surface area contributed by atoms with Crippen molar-refractivity contribution in [1.82, 2.24) is 4.98 Å². The van der Waals surface area contributed by atoms with E-state index in [1.165, 1.54) is 18.1 Å². The lowest BCUT2D eigenvalue weighted by Crippen LogP contribution is -2.31. The molecule has 0 saturated heterocycles. The van der Waals surface area contributed by atoms with Crippen molar-refractivity contribution < 1.29 is 38.1 Å². The number of ether oxygens (including phenoxy) is 3. The van der Waals surface area contributed by atoms with Crippen molar-refractivity contribution in [2.24, 2.45) is 0 Å². The van der Waals surface area contributed by atoms with Crippen molar-refractivity contribution in [3.05, 3.63) is 94.4 Å². The predicted octanol–water partition coefficient (Wildman–Crippen LogP) is 5.73. The van der Waals surface area contributed by atoms with Gasteiger partial charge in [0.2, 0.25) is 5.78 Å². The Hall–Kier alpha value is -4.90. The van der Waals surface area contributed by atoms with Gasteiger partial charge in [0.15, 0.2) is 28.0 Å². The number of carbonyl (C=O) groups is 3. The molecule has 1 N–H and O–H groups in total. The molecule has 2 aromatic carbocycles. The number of hydrogen-bond donors (Lipinski definition) is 1. The number of aryl methyl sites for hydroxylation is 1. The minimum atomic E-state index is -1.11. The Morgan fingerprint density at radius 3 is 2.73 bits per heavy atom. The first-order chi connectivity index (χ1) is 19.8. The molecule has 0 aliphatic carbocycles. The molecule has 41 heavy (non-hydrogen) atoms. The van der Waals surface area contributed by atoms with Crippen LogP contribution in [-0.4, -0.2) is 48.1 Å². The average Bonchev–Trinajstić information content (AvgIpc) is 3.65. The van der Waals surface area contributed by atoms with Crippen LogP contribution in [-0.2, 0) is 9.53 Å². The number of ketones is 1. The third-order valence-corrected chi connectivity index (χ3v) is 7.54. The normalized spacial score (nSPS) is 15.0. The Morgan fingerprint density at radius 2 is 2.00 bits per heavy atom. The number of fused-ring (bicyclic) bond motifs is 1. The molecule has 1 aliphatic heterocycles. The predicted molar refractivity (Wildman–Crippen MR) is 152 cm³/mol. The molecule has 11 heteroatoms. The lowest BCUT2D eigenvalue weighted by molar-refractivity contribution is -0.117. The number of para-hydroxylation sites is 1. The molecule has 4 aromatic rings. The molecule has 1 aliphatic rings. The van der Waals surface area contributed by atoms with Crippen LogP contribution in [0.2, 0.25) is 0 Å². The van der Waals surface area contributed by atoms with Crippen LogP contribution in [0.3, 0.4) is 0 Å². The van der Waals surface area contributed by atoms with Gasteiger partial charge in [0.05, 0.1) is 31.0 Å². The van der Waals surface area contributed by atoms with Crippen LogP contribution in [0.1, 0.15) is 44.4 Å². The number of aromatic nitrogens is 1. The van der Waals surface area contributed by atoms with Gasteiger partial charge in [0.1, 0.15) is 17.2 Å². The number of nitrogens with zero attached hydrogens (tertiary/aromatic N) is 2. The summed E-state index contributed by atoms with van der Waals surface area (Å²) in [4.78, 5) is 45.9. The Balaban J connectivity index is 1.65. The van der Waals surface area contributed by atoms with Crippen molar-refractivity contribution in [2.75, 3.05) is 25.2 Å². The SMILES string of the molecule is C=CCOc1cccc(C2C(C(=O)c3cc4cccc(OC)c4o3)=C(O)C(=O)N2c2nc(C)c(C(=O)OCC)s2)c1. The molecule has 1 amide bonds. The van der Waals surface area contributed by atoms with Crippen LogP contribution in [0.15, 0.2) is 76.9 Å². The van der Waals surface area contributed by atoms with Gasteiger partial charge in [0.25, 0.3) is 5.91 Å². The second-order valence-corrected chi connectivity index (χ2v) is 9.94. The number of Topliss-reactive ketones (excluding diaryl/α,β-unsaturated/α-hetero) is 1. The van der Waals surface area contributed by atoms with Crippen molar-refractivity contribution in [3.63, 3.8) is 0 Å². The molecule has 5 rings (SSSR count). The van der Waals surface area contributed by atoms with Gasteiger partial charge < -0.3 is 23.7 Å². The van der Waals surface area contributed by atoms with E-state index in [1.54, 1.807) is 62.4 Å². The molecule has 10 nitrogen and oxygen atoms in total.